The largest absolute Gasteiger partial charge is 0.353 e. The summed E-state index contributed by atoms with van der Waals surface area (Å²) in [6.07, 6.45) is 8.54. The first-order valence-corrected chi connectivity index (χ1v) is 7.70. The molecule has 3 unspecified atom stereocenters. The van der Waals surface area contributed by atoms with E-state index < -0.39 is 0 Å². The summed E-state index contributed by atoms with van der Waals surface area (Å²) in [5.74, 6) is 1.96. The molecule has 3 atom stereocenters. The molecule has 98 valence electrons. The van der Waals surface area contributed by atoms with Gasteiger partial charge in [0.25, 0.3) is 0 Å². The second-order valence-electron chi connectivity index (χ2n) is 6.66. The van der Waals surface area contributed by atoms with Crippen molar-refractivity contribution in [2.45, 2.75) is 43.9 Å². The van der Waals surface area contributed by atoms with Gasteiger partial charge in [0.2, 0.25) is 0 Å². The Labute approximate surface area is 108 Å². The SMILES string of the molecule is COC(CC1CC2C=CC1C2)(OC)C(C)(C)[SiH3]. The zero-order valence-corrected chi connectivity index (χ0v) is 13.8. The molecule has 0 radical (unpaired) electrons. The summed E-state index contributed by atoms with van der Waals surface area (Å²) in [5, 5.41) is 0.141. The lowest BCUT2D eigenvalue weighted by Gasteiger charge is -2.44. The second kappa shape index (κ2) is 4.52. The van der Waals surface area contributed by atoms with E-state index in [-0.39, 0.29) is 10.8 Å². The lowest BCUT2D eigenvalue weighted by molar-refractivity contribution is -0.238. The normalized spacial score (nSPS) is 32.6. The van der Waals surface area contributed by atoms with Crippen molar-refractivity contribution in [1.82, 2.24) is 0 Å². The van der Waals surface area contributed by atoms with Crippen LogP contribution in [0.5, 0.6) is 0 Å². The third-order valence-corrected chi connectivity index (χ3v) is 5.51. The Morgan fingerprint density at radius 3 is 2.18 bits per heavy atom. The van der Waals surface area contributed by atoms with Crippen LogP contribution in [-0.2, 0) is 9.47 Å². The summed E-state index contributed by atoms with van der Waals surface area (Å²) in [4.78, 5) is 0. The van der Waals surface area contributed by atoms with Gasteiger partial charge in [-0.1, -0.05) is 26.0 Å². The smallest absolute Gasteiger partial charge is 0.169 e. The third kappa shape index (κ3) is 2.25. The number of hydrogen-bond acceptors (Lipinski definition) is 2. The molecule has 1 saturated carbocycles. The van der Waals surface area contributed by atoms with Gasteiger partial charge in [0.05, 0.1) is 0 Å². The van der Waals surface area contributed by atoms with Gasteiger partial charge in [-0.25, -0.2) is 0 Å². The van der Waals surface area contributed by atoms with E-state index in [0.717, 1.165) is 34.4 Å². The standard InChI is InChI=1S/C14H26O2Si/c1-13(2,17)14(15-3,16-4)9-12-8-10-5-6-11(12)7-10/h5-6,10-12H,7-9H2,1-4,17H3. The predicted molar refractivity (Wildman–Crippen MR) is 74.2 cm³/mol. The predicted octanol–water partition coefficient (Wildman–Crippen LogP) is 2.14. The average molecular weight is 254 g/mol. The van der Waals surface area contributed by atoms with Crippen LogP contribution < -0.4 is 0 Å². The van der Waals surface area contributed by atoms with Gasteiger partial charge in [-0.05, 0) is 30.6 Å². The molecule has 2 rings (SSSR count). The van der Waals surface area contributed by atoms with E-state index >= 15 is 0 Å². The quantitative estimate of drug-likeness (QED) is 0.425. The molecule has 2 nitrogen and oxygen atoms in total. The van der Waals surface area contributed by atoms with Crippen LogP contribution in [0.2, 0.25) is 5.04 Å². The molecule has 0 heterocycles. The Morgan fingerprint density at radius 2 is 1.82 bits per heavy atom. The molecule has 0 spiro atoms. The molecule has 3 heteroatoms. The maximum absolute atomic E-state index is 5.81. The summed E-state index contributed by atoms with van der Waals surface area (Å²) in [6.45, 7) is 4.52. The van der Waals surface area contributed by atoms with Crippen molar-refractivity contribution >= 4 is 10.2 Å². The first kappa shape index (κ1) is 13.3. The van der Waals surface area contributed by atoms with Crippen LogP contribution in [0.15, 0.2) is 12.2 Å². The number of allylic oxidation sites excluding steroid dienone is 2. The minimum absolute atomic E-state index is 0.141. The van der Waals surface area contributed by atoms with E-state index in [2.05, 4.69) is 26.0 Å². The molecular formula is C14H26O2Si. The van der Waals surface area contributed by atoms with E-state index in [0.29, 0.717) is 0 Å². The van der Waals surface area contributed by atoms with E-state index in [1.54, 1.807) is 14.2 Å². The maximum Gasteiger partial charge on any atom is 0.169 e. The van der Waals surface area contributed by atoms with Gasteiger partial charge in [0.1, 0.15) is 0 Å². The Bertz CT molecular complexity index is 302. The molecule has 2 aliphatic rings. The molecule has 1 fully saturated rings. The molecular weight excluding hydrogens is 228 g/mol. The minimum Gasteiger partial charge on any atom is -0.353 e. The van der Waals surface area contributed by atoms with Crippen LogP contribution in [0, 0.1) is 17.8 Å². The fraction of sp³-hybridized carbons (Fsp3) is 0.857. The van der Waals surface area contributed by atoms with Crippen LogP contribution in [0.1, 0.15) is 33.1 Å². The summed E-state index contributed by atoms with van der Waals surface area (Å²) < 4.78 is 11.6. The van der Waals surface area contributed by atoms with Crippen molar-refractivity contribution in [3.8, 4) is 0 Å². The highest BCUT2D eigenvalue weighted by atomic mass is 28.1. The highest BCUT2D eigenvalue weighted by Crippen LogP contribution is 2.51. The van der Waals surface area contributed by atoms with E-state index in [1.165, 1.54) is 12.8 Å². The van der Waals surface area contributed by atoms with Crippen molar-refractivity contribution in [1.29, 1.82) is 0 Å². The van der Waals surface area contributed by atoms with Crippen molar-refractivity contribution in [2.24, 2.45) is 17.8 Å². The van der Waals surface area contributed by atoms with E-state index in [1.807, 2.05) is 0 Å². The van der Waals surface area contributed by atoms with Gasteiger partial charge < -0.3 is 9.47 Å². The molecule has 0 aromatic rings. The van der Waals surface area contributed by atoms with Crippen LogP contribution >= 0.6 is 0 Å². The van der Waals surface area contributed by atoms with Gasteiger partial charge in [-0.15, -0.1) is 0 Å². The number of rotatable bonds is 5. The van der Waals surface area contributed by atoms with Gasteiger partial charge in [0.15, 0.2) is 5.79 Å². The Hall–Kier alpha value is -0.123. The molecule has 17 heavy (non-hydrogen) atoms. The van der Waals surface area contributed by atoms with Gasteiger partial charge >= 0.3 is 0 Å². The van der Waals surface area contributed by atoms with Crippen LogP contribution in [0.3, 0.4) is 0 Å². The first-order valence-electron chi connectivity index (χ1n) is 6.70. The monoisotopic (exact) mass is 254 g/mol. The van der Waals surface area contributed by atoms with Crippen LogP contribution in [0.4, 0.5) is 0 Å². The number of hydrogen-bond donors (Lipinski definition) is 0. The average Bonchev–Trinajstić information content (AvgIpc) is 2.85. The van der Waals surface area contributed by atoms with Crippen molar-refractivity contribution < 1.29 is 9.47 Å². The lowest BCUT2D eigenvalue weighted by Crippen LogP contribution is -2.46. The Kier molecular flexibility index (Phi) is 3.54. The fourth-order valence-corrected chi connectivity index (χ4v) is 4.26. The summed E-state index contributed by atoms with van der Waals surface area (Å²) in [6, 6.07) is 0. The van der Waals surface area contributed by atoms with Crippen molar-refractivity contribution in [3.05, 3.63) is 12.2 Å². The molecule has 0 aromatic carbocycles. The summed E-state index contributed by atoms with van der Waals surface area (Å²) >= 11 is 0. The van der Waals surface area contributed by atoms with Crippen LogP contribution in [0.25, 0.3) is 0 Å². The van der Waals surface area contributed by atoms with Crippen LogP contribution in [-0.4, -0.2) is 30.2 Å². The maximum atomic E-state index is 5.81. The lowest BCUT2D eigenvalue weighted by atomic mass is 9.83. The molecule has 2 bridgehead atoms. The molecule has 0 N–H and O–H groups in total. The molecule has 0 aliphatic heterocycles. The topological polar surface area (TPSA) is 18.5 Å². The Balaban J connectivity index is 2.11. The fourth-order valence-electron chi connectivity index (χ4n) is 3.64. The highest BCUT2D eigenvalue weighted by molar-refractivity contribution is 6.15. The first-order chi connectivity index (χ1) is 7.92. The molecule has 0 amide bonds. The van der Waals surface area contributed by atoms with Gasteiger partial charge in [0, 0.05) is 35.9 Å². The van der Waals surface area contributed by atoms with Crippen molar-refractivity contribution in [2.75, 3.05) is 14.2 Å². The van der Waals surface area contributed by atoms with E-state index in [4.69, 9.17) is 9.47 Å². The zero-order valence-electron chi connectivity index (χ0n) is 11.8. The van der Waals surface area contributed by atoms with Gasteiger partial charge in [-0.3, -0.25) is 0 Å². The van der Waals surface area contributed by atoms with E-state index in [9.17, 15) is 0 Å². The Morgan fingerprint density at radius 1 is 1.18 bits per heavy atom. The number of methoxy groups -OCH3 is 2. The highest BCUT2D eigenvalue weighted by Gasteiger charge is 2.47. The number of fused-ring (bicyclic) bond motifs is 2. The zero-order chi connectivity index (χ0) is 12.7. The summed E-state index contributed by atoms with van der Waals surface area (Å²) in [5.41, 5.74) is 0. The molecule has 0 saturated heterocycles. The minimum atomic E-state index is -0.387. The second-order valence-corrected chi connectivity index (χ2v) is 9.16. The number of ether oxygens (including phenoxy) is 2. The van der Waals surface area contributed by atoms with Crippen molar-refractivity contribution in [3.63, 3.8) is 0 Å². The molecule has 0 aromatic heterocycles. The molecule has 2 aliphatic carbocycles. The van der Waals surface area contributed by atoms with Gasteiger partial charge in [-0.2, -0.15) is 0 Å². The summed E-state index contributed by atoms with van der Waals surface area (Å²) in [7, 11) is 4.67. The third-order valence-electron chi connectivity index (χ3n) is 4.75.